The molecule has 0 spiro atoms. The Morgan fingerprint density at radius 1 is 1.30 bits per heavy atom. The Labute approximate surface area is 119 Å². The normalized spacial score (nSPS) is 10.3. The number of amidine groups is 1. The van der Waals surface area contributed by atoms with Crippen molar-refractivity contribution >= 4 is 11.7 Å². The molecule has 0 bridgehead atoms. The van der Waals surface area contributed by atoms with Crippen LogP contribution in [0.1, 0.15) is 17.0 Å². The summed E-state index contributed by atoms with van der Waals surface area (Å²) >= 11 is 0. The van der Waals surface area contributed by atoms with Crippen molar-refractivity contribution < 1.29 is 0 Å². The number of nitrogen functional groups attached to an aromatic ring is 1. The van der Waals surface area contributed by atoms with Gasteiger partial charge in [-0.25, -0.2) is 4.98 Å². The van der Waals surface area contributed by atoms with Crippen LogP contribution in [0.25, 0.3) is 0 Å². The molecule has 0 atom stereocenters. The molecule has 0 unspecified atom stereocenters. The largest absolute Gasteiger partial charge is 0.384 e. The van der Waals surface area contributed by atoms with Crippen molar-refractivity contribution in [3.8, 4) is 0 Å². The van der Waals surface area contributed by atoms with Gasteiger partial charge in [0.15, 0.2) is 0 Å². The zero-order valence-corrected chi connectivity index (χ0v) is 11.8. The van der Waals surface area contributed by atoms with Gasteiger partial charge >= 0.3 is 0 Å². The van der Waals surface area contributed by atoms with E-state index in [1.54, 1.807) is 6.20 Å². The van der Waals surface area contributed by atoms with Gasteiger partial charge in [-0.15, -0.1) is 0 Å². The van der Waals surface area contributed by atoms with Gasteiger partial charge in [-0.1, -0.05) is 6.07 Å². The van der Waals surface area contributed by atoms with Crippen LogP contribution in [0.15, 0.2) is 36.5 Å². The minimum atomic E-state index is 0.0391. The molecule has 5 heteroatoms. The lowest BCUT2D eigenvalue weighted by molar-refractivity contribution is 0.835. The van der Waals surface area contributed by atoms with Gasteiger partial charge < -0.3 is 10.6 Å². The second-order valence-electron chi connectivity index (χ2n) is 4.73. The highest BCUT2D eigenvalue weighted by Gasteiger charge is 2.12. The average Bonchev–Trinajstić information content (AvgIpc) is 2.45. The van der Waals surface area contributed by atoms with Crippen molar-refractivity contribution in [1.29, 1.82) is 5.41 Å². The molecule has 0 aromatic carbocycles. The minimum Gasteiger partial charge on any atom is -0.384 e. The van der Waals surface area contributed by atoms with Gasteiger partial charge in [-0.05, 0) is 31.2 Å². The first kappa shape index (κ1) is 14.0. The van der Waals surface area contributed by atoms with E-state index < -0.39 is 0 Å². The lowest BCUT2D eigenvalue weighted by atomic mass is 10.2. The number of aryl methyl sites for hydroxylation is 1. The fourth-order valence-corrected chi connectivity index (χ4v) is 1.98. The Bertz CT molecular complexity index is 594. The third kappa shape index (κ3) is 3.32. The number of nitrogens with two attached hydrogens (primary N) is 1. The van der Waals surface area contributed by atoms with Crippen molar-refractivity contribution in [1.82, 2.24) is 9.97 Å². The van der Waals surface area contributed by atoms with E-state index in [1.165, 1.54) is 0 Å². The smallest absolute Gasteiger partial charge is 0.139 e. The van der Waals surface area contributed by atoms with Crippen LogP contribution in [0.5, 0.6) is 0 Å². The monoisotopic (exact) mass is 269 g/mol. The maximum absolute atomic E-state index is 7.64. The minimum absolute atomic E-state index is 0.0391. The van der Waals surface area contributed by atoms with Gasteiger partial charge in [-0.3, -0.25) is 10.4 Å². The van der Waals surface area contributed by atoms with Crippen molar-refractivity contribution in [2.24, 2.45) is 5.73 Å². The van der Waals surface area contributed by atoms with E-state index in [0.717, 1.165) is 30.2 Å². The molecule has 0 amide bonds. The Hall–Kier alpha value is -2.43. The molecule has 0 saturated heterocycles. The van der Waals surface area contributed by atoms with E-state index in [4.69, 9.17) is 11.1 Å². The highest BCUT2D eigenvalue weighted by Crippen LogP contribution is 2.17. The quantitative estimate of drug-likeness (QED) is 0.640. The molecule has 2 aromatic heterocycles. The Kier molecular flexibility index (Phi) is 4.30. The van der Waals surface area contributed by atoms with Crippen LogP contribution in [0.4, 0.5) is 5.82 Å². The highest BCUT2D eigenvalue weighted by atomic mass is 15.2. The summed E-state index contributed by atoms with van der Waals surface area (Å²) in [5.74, 6) is 0.783. The molecule has 0 aliphatic carbocycles. The van der Waals surface area contributed by atoms with Gasteiger partial charge in [0.25, 0.3) is 0 Å². The molecule has 104 valence electrons. The van der Waals surface area contributed by atoms with E-state index in [2.05, 4.69) is 9.97 Å². The fourth-order valence-electron chi connectivity index (χ4n) is 1.98. The second kappa shape index (κ2) is 6.14. The van der Waals surface area contributed by atoms with Crippen LogP contribution >= 0.6 is 0 Å². The van der Waals surface area contributed by atoms with E-state index in [1.807, 2.05) is 49.2 Å². The van der Waals surface area contributed by atoms with E-state index in [0.29, 0.717) is 5.56 Å². The molecular formula is C15H19N5. The van der Waals surface area contributed by atoms with Crippen LogP contribution in [0, 0.1) is 12.3 Å². The predicted octanol–water partition coefficient (Wildman–Crippen LogP) is 1.75. The van der Waals surface area contributed by atoms with Gasteiger partial charge in [0.05, 0.1) is 5.56 Å². The number of nitrogens with zero attached hydrogens (tertiary/aromatic N) is 3. The first-order valence-corrected chi connectivity index (χ1v) is 6.51. The van der Waals surface area contributed by atoms with Gasteiger partial charge in [0.1, 0.15) is 11.7 Å². The first-order valence-electron chi connectivity index (χ1n) is 6.51. The van der Waals surface area contributed by atoms with Crippen LogP contribution in [0.2, 0.25) is 0 Å². The summed E-state index contributed by atoms with van der Waals surface area (Å²) in [4.78, 5) is 10.8. The number of pyridine rings is 2. The summed E-state index contributed by atoms with van der Waals surface area (Å²) in [5, 5.41) is 7.64. The lowest BCUT2D eigenvalue weighted by Crippen LogP contribution is -2.26. The number of hydrogen-bond donors (Lipinski definition) is 2. The summed E-state index contributed by atoms with van der Waals surface area (Å²) in [7, 11) is 1.96. The second-order valence-corrected chi connectivity index (χ2v) is 4.73. The van der Waals surface area contributed by atoms with Crippen LogP contribution in [0.3, 0.4) is 0 Å². The van der Waals surface area contributed by atoms with Crippen molar-refractivity contribution in [2.45, 2.75) is 13.3 Å². The standard InChI is InChI=1S/C15H19N5/c1-11-6-7-13(14(16)17)15(19-11)20(2)10-8-12-5-3-4-9-18-12/h3-7,9H,8,10H2,1-2H3,(H3,16,17). The fraction of sp³-hybridized carbons (Fsp3) is 0.267. The number of nitrogens with one attached hydrogen (secondary N) is 1. The van der Waals surface area contributed by atoms with E-state index in [9.17, 15) is 0 Å². The van der Waals surface area contributed by atoms with Crippen LogP contribution in [-0.2, 0) is 6.42 Å². The SMILES string of the molecule is Cc1ccc(C(=N)N)c(N(C)CCc2ccccn2)n1. The number of likely N-dealkylation sites (N-methyl/N-ethyl adjacent to an activating group) is 1. The predicted molar refractivity (Wildman–Crippen MR) is 81.2 cm³/mol. The molecule has 0 saturated carbocycles. The third-order valence-corrected chi connectivity index (χ3v) is 3.10. The Morgan fingerprint density at radius 2 is 2.10 bits per heavy atom. The van der Waals surface area contributed by atoms with Crippen molar-refractivity contribution in [3.63, 3.8) is 0 Å². The Balaban J connectivity index is 2.14. The average molecular weight is 269 g/mol. The highest BCUT2D eigenvalue weighted by molar-refractivity contribution is 5.99. The van der Waals surface area contributed by atoms with Crippen molar-refractivity contribution in [3.05, 3.63) is 53.5 Å². The maximum Gasteiger partial charge on any atom is 0.139 e. The zero-order chi connectivity index (χ0) is 14.5. The third-order valence-electron chi connectivity index (χ3n) is 3.10. The van der Waals surface area contributed by atoms with Crippen molar-refractivity contribution in [2.75, 3.05) is 18.5 Å². The maximum atomic E-state index is 7.64. The lowest BCUT2D eigenvalue weighted by Gasteiger charge is -2.21. The number of rotatable bonds is 5. The van der Waals surface area contributed by atoms with E-state index >= 15 is 0 Å². The topological polar surface area (TPSA) is 78.9 Å². The summed E-state index contributed by atoms with van der Waals surface area (Å²) < 4.78 is 0. The molecule has 20 heavy (non-hydrogen) atoms. The van der Waals surface area contributed by atoms with Gasteiger partial charge in [0.2, 0.25) is 0 Å². The molecule has 3 N–H and O–H groups in total. The number of aromatic nitrogens is 2. The molecule has 2 aromatic rings. The molecule has 0 aliphatic heterocycles. The first-order chi connectivity index (χ1) is 9.58. The molecule has 0 aliphatic rings. The molecule has 0 fully saturated rings. The number of anilines is 1. The van der Waals surface area contributed by atoms with Gasteiger partial charge in [-0.2, -0.15) is 0 Å². The molecule has 2 rings (SSSR count). The van der Waals surface area contributed by atoms with E-state index in [-0.39, 0.29) is 5.84 Å². The van der Waals surface area contributed by atoms with Crippen LogP contribution < -0.4 is 10.6 Å². The molecule has 0 radical (unpaired) electrons. The summed E-state index contributed by atoms with van der Waals surface area (Å²) in [6.07, 6.45) is 2.62. The summed E-state index contributed by atoms with van der Waals surface area (Å²) in [6, 6.07) is 9.60. The Morgan fingerprint density at radius 3 is 2.75 bits per heavy atom. The summed E-state index contributed by atoms with van der Waals surface area (Å²) in [5.41, 5.74) is 8.23. The zero-order valence-electron chi connectivity index (χ0n) is 11.8. The molecule has 2 heterocycles. The molecular weight excluding hydrogens is 250 g/mol. The summed E-state index contributed by atoms with van der Waals surface area (Å²) in [6.45, 7) is 2.70. The number of hydrogen-bond acceptors (Lipinski definition) is 4. The molecule has 5 nitrogen and oxygen atoms in total. The van der Waals surface area contributed by atoms with Crippen LogP contribution in [-0.4, -0.2) is 29.4 Å². The van der Waals surface area contributed by atoms with Gasteiger partial charge in [0, 0.05) is 37.6 Å².